The van der Waals surface area contributed by atoms with E-state index in [0.29, 0.717) is 5.56 Å². The number of hydrogen-bond acceptors (Lipinski definition) is 2. The molecule has 1 aromatic carbocycles. The Morgan fingerprint density at radius 3 is 2.42 bits per heavy atom. The molecule has 2 N–H and O–H groups in total. The third-order valence-corrected chi connectivity index (χ3v) is 1.44. The second kappa shape index (κ2) is 4.50. The molecule has 0 atom stereocenters. The summed E-state index contributed by atoms with van der Waals surface area (Å²) >= 11 is 0. The molecule has 12 heavy (non-hydrogen) atoms. The Kier molecular flexibility index (Phi) is 4.31. The van der Waals surface area contributed by atoms with Gasteiger partial charge in [0.2, 0.25) is 0 Å². The molecule has 0 bridgehead atoms. The molecule has 0 aliphatic heterocycles. The molecule has 58 valence electrons. The van der Waals surface area contributed by atoms with Gasteiger partial charge in [0.1, 0.15) is 5.75 Å². The maximum absolute atomic E-state index is 10.5. The van der Waals surface area contributed by atoms with Crippen molar-refractivity contribution < 1.29 is 44.6 Å². The van der Waals surface area contributed by atoms with E-state index < -0.39 is 5.97 Å². The zero-order valence-corrected chi connectivity index (χ0v) is 9.03. The van der Waals surface area contributed by atoms with Gasteiger partial charge < -0.3 is 10.2 Å². The summed E-state index contributed by atoms with van der Waals surface area (Å²) < 4.78 is 0. The molecule has 0 aliphatic carbocycles. The van der Waals surface area contributed by atoms with Crippen LogP contribution < -0.4 is 29.6 Å². The van der Waals surface area contributed by atoms with Gasteiger partial charge in [-0.05, 0) is 30.7 Å². The summed E-state index contributed by atoms with van der Waals surface area (Å²) in [4.78, 5) is 10.5. The Labute approximate surface area is 92.3 Å². The molecule has 1 rings (SSSR count). The van der Waals surface area contributed by atoms with Crippen LogP contribution in [-0.2, 0) is 0 Å². The molecule has 0 amide bonds. The van der Waals surface area contributed by atoms with Gasteiger partial charge in [0, 0.05) is 0 Å². The van der Waals surface area contributed by atoms with Crippen LogP contribution in [0.3, 0.4) is 0 Å². The number of aromatic carboxylic acids is 1. The predicted molar refractivity (Wildman–Crippen MR) is 39.8 cm³/mol. The number of carboxylic acids is 1. The van der Waals surface area contributed by atoms with Gasteiger partial charge in [0.05, 0.1) is 5.56 Å². The minimum absolute atomic E-state index is 0. The van der Waals surface area contributed by atoms with Crippen LogP contribution in [0, 0.1) is 6.92 Å². The van der Waals surface area contributed by atoms with Crippen molar-refractivity contribution in [2.75, 3.05) is 0 Å². The normalized spacial score (nSPS) is 8.75. The summed E-state index contributed by atoms with van der Waals surface area (Å²) in [5, 5.41) is 17.5. The van der Waals surface area contributed by atoms with E-state index in [2.05, 4.69) is 0 Å². The largest absolute Gasteiger partial charge is 1.00 e. The van der Waals surface area contributed by atoms with Gasteiger partial charge in [-0.15, -0.1) is 0 Å². The number of phenols is 1. The molecular formula is C8H8NaO3+. The van der Waals surface area contributed by atoms with Crippen LogP contribution in [0.2, 0.25) is 0 Å². The van der Waals surface area contributed by atoms with Crippen LogP contribution in [0.4, 0.5) is 0 Å². The Morgan fingerprint density at radius 1 is 1.42 bits per heavy atom. The monoisotopic (exact) mass is 175 g/mol. The first-order valence-corrected chi connectivity index (χ1v) is 3.14. The number of aromatic hydroxyl groups is 1. The van der Waals surface area contributed by atoms with E-state index in [4.69, 9.17) is 10.2 Å². The first-order valence-electron chi connectivity index (χ1n) is 3.14. The number of benzene rings is 1. The summed E-state index contributed by atoms with van der Waals surface area (Å²) in [6.45, 7) is 1.64. The van der Waals surface area contributed by atoms with Crippen LogP contribution in [0.25, 0.3) is 0 Å². The fourth-order valence-corrected chi connectivity index (χ4v) is 0.888. The van der Waals surface area contributed by atoms with E-state index in [1.54, 1.807) is 6.92 Å². The van der Waals surface area contributed by atoms with Crippen molar-refractivity contribution in [3.05, 3.63) is 29.3 Å². The number of carbonyl (C=O) groups is 1. The van der Waals surface area contributed by atoms with Crippen LogP contribution in [0.5, 0.6) is 5.75 Å². The molecule has 0 saturated heterocycles. The topological polar surface area (TPSA) is 57.5 Å². The Balaban J connectivity index is 0.00000121. The Hall–Kier alpha value is -0.510. The standard InChI is InChI=1S/C8H8O3.Na/c1-5-4-6(9)2-3-7(5)8(10)11;/h2-4,9H,1H3,(H,10,11);/q;+1. The number of carboxylic acid groups (broad SMARTS) is 1. The van der Waals surface area contributed by atoms with E-state index >= 15 is 0 Å². The van der Waals surface area contributed by atoms with Crippen molar-refractivity contribution in [1.29, 1.82) is 0 Å². The number of phenolic OH excluding ortho intramolecular Hbond substituents is 1. The van der Waals surface area contributed by atoms with Crippen LogP contribution >= 0.6 is 0 Å². The fourth-order valence-electron chi connectivity index (χ4n) is 0.888. The van der Waals surface area contributed by atoms with Gasteiger partial charge in [-0.1, -0.05) is 0 Å². The SMILES string of the molecule is Cc1cc(O)ccc1C(=O)O.[Na+]. The Bertz CT molecular complexity index is 296. The van der Waals surface area contributed by atoms with Crippen LogP contribution in [0.15, 0.2) is 18.2 Å². The van der Waals surface area contributed by atoms with E-state index in [9.17, 15) is 4.79 Å². The third-order valence-electron chi connectivity index (χ3n) is 1.44. The maximum atomic E-state index is 10.5. The van der Waals surface area contributed by atoms with Crippen LogP contribution in [0.1, 0.15) is 15.9 Å². The fraction of sp³-hybridized carbons (Fsp3) is 0.125. The molecular weight excluding hydrogens is 167 g/mol. The van der Waals surface area contributed by atoms with Crippen molar-refractivity contribution in [2.24, 2.45) is 0 Å². The first-order chi connectivity index (χ1) is 5.11. The van der Waals surface area contributed by atoms with Gasteiger partial charge in [-0.2, -0.15) is 0 Å². The van der Waals surface area contributed by atoms with Gasteiger partial charge in [0.15, 0.2) is 0 Å². The molecule has 3 nitrogen and oxygen atoms in total. The second-order valence-corrected chi connectivity index (χ2v) is 2.30. The first kappa shape index (κ1) is 11.5. The van der Waals surface area contributed by atoms with Crippen LogP contribution in [-0.4, -0.2) is 16.2 Å². The molecule has 0 spiro atoms. The molecule has 0 radical (unpaired) electrons. The van der Waals surface area contributed by atoms with Crippen molar-refractivity contribution in [3.8, 4) is 5.75 Å². The summed E-state index contributed by atoms with van der Waals surface area (Å²) in [5.74, 6) is -0.880. The summed E-state index contributed by atoms with van der Waals surface area (Å²) in [5.41, 5.74) is 0.792. The minimum Gasteiger partial charge on any atom is -0.508 e. The second-order valence-electron chi connectivity index (χ2n) is 2.30. The number of hydrogen-bond donors (Lipinski definition) is 2. The predicted octanol–water partition coefficient (Wildman–Crippen LogP) is -1.60. The van der Waals surface area contributed by atoms with Crippen molar-refractivity contribution in [3.63, 3.8) is 0 Å². The minimum atomic E-state index is -0.970. The molecule has 0 unspecified atom stereocenters. The van der Waals surface area contributed by atoms with E-state index in [0.717, 1.165) is 0 Å². The quantitative estimate of drug-likeness (QED) is 0.505. The van der Waals surface area contributed by atoms with Crippen molar-refractivity contribution >= 4 is 5.97 Å². The molecule has 0 aromatic heterocycles. The van der Waals surface area contributed by atoms with E-state index in [1.807, 2.05) is 0 Å². The number of aryl methyl sites for hydroxylation is 1. The van der Waals surface area contributed by atoms with Gasteiger partial charge >= 0.3 is 35.5 Å². The molecule has 0 heterocycles. The van der Waals surface area contributed by atoms with E-state index in [-0.39, 0.29) is 40.9 Å². The molecule has 4 heteroatoms. The molecule has 0 saturated carbocycles. The third kappa shape index (κ3) is 2.52. The molecule has 0 aliphatic rings. The van der Waals surface area contributed by atoms with Gasteiger partial charge in [0.25, 0.3) is 0 Å². The van der Waals surface area contributed by atoms with E-state index in [1.165, 1.54) is 18.2 Å². The zero-order chi connectivity index (χ0) is 8.43. The maximum Gasteiger partial charge on any atom is 1.00 e. The molecule has 1 aromatic rings. The summed E-state index contributed by atoms with van der Waals surface area (Å²) in [6, 6.07) is 4.16. The summed E-state index contributed by atoms with van der Waals surface area (Å²) in [7, 11) is 0. The average Bonchev–Trinajstić information content (AvgIpc) is 1.85. The van der Waals surface area contributed by atoms with Crippen molar-refractivity contribution in [1.82, 2.24) is 0 Å². The van der Waals surface area contributed by atoms with Crippen molar-refractivity contribution in [2.45, 2.75) is 6.92 Å². The smallest absolute Gasteiger partial charge is 0.508 e. The zero-order valence-electron chi connectivity index (χ0n) is 7.03. The number of rotatable bonds is 1. The van der Waals surface area contributed by atoms with Gasteiger partial charge in [-0.3, -0.25) is 0 Å². The average molecular weight is 175 g/mol. The summed E-state index contributed by atoms with van der Waals surface area (Å²) in [6.07, 6.45) is 0. The Morgan fingerprint density at radius 2 is 2.00 bits per heavy atom. The van der Waals surface area contributed by atoms with Gasteiger partial charge in [-0.25, -0.2) is 4.79 Å². The molecule has 0 fully saturated rings.